The molecule has 49 heavy (non-hydrogen) atoms. The number of carboxylic acids is 1. The van der Waals surface area contributed by atoms with Crippen molar-refractivity contribution in [1.82, 2.24) is 24.7 Å². The standard InChI is InChI=1S/C38H44FN5O4S/c1-24(35(45)46)18-25-8-6-9-27(19-25)38(4)14-7-13-37(2,3)23-49(47,48)17-12-28-29-11-16-40-32(29)22-31(39)30(28)20-26-10-15-41-33(21-26)34-42-36(38)43-44(34)5/h6,8-11,15-16,19,21-22,24,40H,7,12-14,17-18,20,23H2,1-5H3,(H,45,46)/t24-,38-/m1/s1. The molecule has 3 aromatic heterocycles. The third kappa shape index (κ3) is 7.32. The fourth-order valence-electron chi connectivity index (χ4n) is 7.30. The van der Waals surface area contributed by atoms with Crippen molar-refractivity contribution in [2.45, 2.75) is 71.6 Å². The average molecular weight is 686 g/mol. The van der Waals surface area contributed by atoms with E-state index in [1.807, 2.05) is 63.4 Å². The summed E-state index contributed by atoms with van der Waals surface area (Å²) < 4.78 is 44.8. The SMILES string of the molecule is C[C@H](Cc1cccc([C@@]2(C)CCCC(C)(C)CS(=O)(=O)CCc3c(c(F)cc4[nH]ccc34)Cc3ccnc(c3)-c3nc2nn3C)c1)C(=O)O. The van der Waals surface area contributed by atoms with Gasteiger partial charge >= 0.3 is 5.97 Å². The van der Waals surface area contributed by atoms with Gasteiger partial charge in [0.05, 0.1) is 22.8 Å². The van der Waals surface area contributed by atoms with Crippen LogP contribution in [-0.4, -0.2) is 55.7 Å². The number of rotatable bonds is 4. The summed E-state index contributed by atoms with van der Waals surface area (Å²) in [7, 11) is -1.66. The van der Waals surface area contributed by atoms with Crippen molar-refractivity contribution < 1.29 is 22.7 Å². The second-order valence-corrected chi connectivity index (χ2v) is 16.9. The Labute approximate surface area is 286 Å². The Hall–Kier alpha value is -4.38. The summed E-state index contributed by atoms with van der Waals surface area (Å²) in [6, 6.07) is 15.1. The van der Waals surface area contributed by atoms with Gasteiger partial charge < -0.3 is 10.1 Å². The molecule has 0 aliphatic carbocycles. The maximum atomic E-state index is 15.8. The molecule has 0 saturated carbocycles. The zero-order chi connectivity index (χ0) is 35.1. The summed E-state index contributed by atoms with van der Waals surface area (Å²) in [5.74, 6) is -0.659. The molecule has 2 aromatic carbocycles. The van der Waals surface area contributed by atoms with E-state index in [1.165, 1.54) is 6.07 Å². The van der Waals surface area contributed by atoms with Gasteiger partial charge in [-0.3, -0.25) is 9.78 Å². The summed E-state index contributed by atoms with van der Waals surface area (Å²) >= 11 is 0. The summed E-state index contributed by atoms with van der Waals surface area (Å²) in [6.07, 6.45) is 6.28. The number of aromatic nitrogens is 5. The first kappa shape index (κ1) is 34.5. The summed E-state index contributed by atoms with van der Waals surface area (Å²) in [4.78, 5) is 24.4. The van der Waals surface area contributed by atoms with Gasteiger partial charge in [0.1, 0.15) is 11.5 Å². The first-order valence-electron chi connectivity index (χ1n) is 16.8. The molecule has 2 atom stereocenters. The Kier molecular flexibility index (Phi) is 9.25. The van der Waals surface area contributed by atoms with Crippen LogP contribution in [-0.2, 0) is 46.4 Å². The van der Waals surface area contributed by atoms with Gasteiger partial charge in [-0.2, -0.15) is 5.10 Å². The largest absolute Gasteiger partial charge is 0.481 e. The Balaban J connectivity index is 1.47. The number of carboxylic acid groups (broad SMARTS) is 1. The quantitative estimate of drug-likeness (QED) is 0.212. The van der Waals surface area contributed by atoms with E-state index < -0.39 is 32.6 Å². The van der Waals surface area contributed by atoms with E-state index in [1.54, 1.807) is 24.0 Å². The number of hydrogen-bond donors (Lipinski definition) is 2. The Bertz CT molecular complexity index is 2140. The predicted molar refractivity (Wildman–Crippen MR) is 189 cm³/mol. The molecular weight excluding hydrogens is 642 g/mol. The van der Waals surface area contributed by atoms with Gasteiger partial charge in [-0.05, 0) is 90.1 Å². The lowest BCUT2D eigenvalue weighted by Gasteiger charge is -2.31. The first-order valence-corrected chi connectivity index (χ1v) is 18.6. The lowest BCUT2D eigenvalue weighted by Crippen LogP contribution is -2.29. The number of nitrogens with one attached hydrogen (secondary N) is 1. The Morgan fingerprint density at radius 3 is 2.67 bits per heavy atom. The highest BCUT2D eigenvalue weighted by Gasteiger charge is 2.36. The Morgan fingerprint density at radius 1 is 1.10 bits per heavy atom. The van der Waals surface area contributed by atoms with E-state index >= 15 is 4.39 Å². The third-order valence-corrected chi connectivity index (χ3v) is 12.1. The molecule has 5 aromatic rings. The van der Waals surface area contributed by atoms with E-state index in [9.17, 15) is 18.3 Å². The maximum absolute atomic E-state index is 15.8. The van der Waals surface area contributed by atoms with Crippen LogP contribution in [0.25, 0.3) is 22.4 Å². The number of benzene rings is 2. The van der Waals surface area contributed by atoms with Crippen LogP contribution >= 0.6 is 0 Å². The van der Waals surface area contributed by atoms with E-state index in [4.69, 9.17) is 10.1 Å². The number of sulfone groups is 1. The predicted octanol–water partition coefficient (Wildman–Crippen LogP) is 6.82. The Morgan fingerprint density at radius 2 is 1.90 bits per heavy atom. The molecule has 258 valence electrons. The molecule has 1 aliphatic rings. The number of nitrogens with zero attached hydrogens (tertiary/aromatic N) is 4. The van der Waals surface area contributed by atoms with Crippen LogP contribution in [0.1, 0.15) is 80.6 Å². The monoisotopic (exact) mass is 685 g/mol. The van der Waals surface area contributed by atoms with Crippen molar-refractivity contribution in [2.75, 3.05) is 11.5 Å². The van der Waals surface area contributed by atoms with Crippen LogP contribution in [0.3, 0.4) is 0 Å². The number of aryl methyl sites for hydroxylation is 2. The number of pyridine rings is 1. The van der Waals surface area contributed by atoms with Crippen molar-refractivity contribution in [3.05, 3.63) is 100 Å². The maximum Gasteiger partial charge on any atom is 0.306 e. The van der Waals surface area contributed by atoms with E-state index in [2.05, 4.69) is 16.9 Å². The molecule has 0 spiro atoms. The van der Waals surface area contributed by atoms with Gasteiger partial charge in [0.2, 0.25) is 0 Å². The highest BCUT2D eigenvalue weighted by atomic mass is 32.2. The van der Waals surface area contributed by atoms with Crippen LogP contribution in [0.4, 0.5) is 4.39 Å². The summed E-state index contributed by atoms with van der Waals surface area (Å²) in [5, 5.41) is 15.3. The lowest BCUT2D eigenvalue weighted by molar-refractivity contribution is -0.141. The molecule has 1 aliphatic heterocycles. The zero-order valence-corrected chi connectivity index (χ0v) is 29.6. The molecule has 0 fully saturated rings. The number of carbonyl (C=O) groups is 1. The van der Waals surface area contributed by atoms with Crippen molar-refractivity contribution >= 4 is 26.7 Å². The van der Waals surface area contributed by atoms with E-state index in [0.29, 0.717) is 59.7 Å². The number of aliphatic carboxylic acids is 1. The average Bonchev–Trinajstić information content (AvgIpc) is 3.66. The van der Waals surface area contributed by atoms with Gasteiger partial charge in [0.25, 0.3) is 0 Å². The van der Waals surface area contributed by atoms with E-state index in [0.717, 1.165) is 22.1 Å². The van der Waals surface area contributed by atoms with Crippen molar-refractivity contribution in [2.24, 2.45) is 18.4 Å². The smallest absolute Gasteiger partial charge is 0.306 e. The molecular formula is C38H44FN5O4S. The zero-order valence-electron chi connectivity index (χ0n) is 28.8. The van der Waals surface area contributed by atoms with Gasteiger partial charge in [-0.25, -0.2) is 22.5 Å². The van der Waals surface area contributed by atoms with Crippen LogP contribution in [0.15, 0.2) is 60.9 Å². The fraction of sp³-hybridized carbons (Fsp3) is 0.421. The highest BCUT2D eigenvalue weighted by Crippen LogP contribution is 2.39. The molecule has 0 radical (unpaired) electrons. The van der Waals surface area contributed by atoms with Crippen molar-refractivity contribution in [3.8, 4) is 11.5 Å². The van der Waals surface area contributed by atoms with Crippen LogP contribution < -0.4 is 0 Å². The fourth-order valence-corrected chi connectivity index (χ4v) is 9.29. The van der Waals surface area contributed by atoms with Crippen molar-refractivity contribution in [3.63, 3.8) is 0 Å². The second-order valence-electron chi connectivity index (χ2n) is 14.7. The minimum absolute atomic E-state index is 0.0138. The first-order chi connectivity index (χ1) is 23.1. The molecule has 4 heterocycles. The normalized spacial score (nSPS) is 20.2. The number of aromatic amines is 1. The topological polar surface area (TPSA) is 131 Å². The number of halogens is 1. The highest BCUT2D eigenvalue weighted by molar-refractivity contribution is 7.91. The van der Waals surface area contributed by atoms with Crippen LogP contribution in [0, 0.1) is 17.2 Å². The lowest BCUT2D eigenvalue weighted by atomic mass is 9.75. The number of fused-ring (bicyclic) bond motifs is 8. The molecule has 6 rings (SSSR count). The second kappa shape index (κ2) is 13.2. The van der Waals surface area contributed by atoms with Crippen LogP contribution in [0.5, 0.6) is 0 Å². The summed E-state index contributed by atoms with van der Waals surface area (Å²) in [6.45, 7) is 7.77. The van der Waals surface area contributed by atoms with Gasteiger partial charge in [-0.15, -0.1) is 0 Å². The molecule has 2 N–H and O–H groups in total. The molecule has 11 heteroatoms. The molecule has 0 saturated heterocycles. The number of H-pyrrole nitrogens is 1. The van der Waals surface area contributed by atoms with Gasteiger partial charge in [-0.1, -0.05) is 51.5 Å². The number of hydrogen-bond acceptors (Lipinski definition) is 6. The molecule has 0 amide bonds. The van der Waals surface area contributed by atoms with E-state index in [-0.39, 0.29) is 30.2 Å². The van der Waals surface area contributed by atoms with Crippen molar-refractivity contribution in [1.29, 1.82) is 0 Å². The third-order valence-electron chi connectivity index (χ3n) is 10.1. The van der Waals surface area contributed by atoms with Crippen LogP contribution in [0.2, 0.25) is 0 Å². The minimum Gasteiger partial charge on any atom is -0.481 e. The molecule has 4 bridgehead atoms. The summed E-state index contributed by atoms with van der Waals surface area (Å²) in [5.41, 5.74) is 3.93. The minimum atomic E-state index is -3.49. The molecule has 9 nitrogen and oxygen atoms in total. The van der Waals surface area contributed by atoms with Gasteiger partial charge in [0.15, 0.2) is 21.5 Å². The van der Waals surface area contributed by atoms with Gasteiger partial charge in [0, 0.05) is 36.8 Å². The molecule has 0 unspecified atom stereocenters.